The first-order valence-electron chi connectivity index (χ1n) is 8.71. The minimum Gasteiger partial charge on any atom is -0.351 e. The maximum atomic E-state index is 12.6. The molecule has 0 radical (unpaired) electrons. The van der Waals surface area contributed by atoms with Gasteiger partial charge < -0.3 is 10.6 Å². The lowest BCUT2D eigenvalue weighted by Crippen LogP contribution is -2.24. The molecule has 0 saturated heterocycles. The van der Waals surface area contributed by atoms with Gasteiger partial charge in [0.05, 0.1) is 0 Å². The number of nitrogens with one attached hydrogen (secondary N) is 2. The van der Waals surface area contributed by atoms with Gasteiger partial charge in [-0.3, -0.25) is 4.79 Å². The molecule has 1 fully saturated rings. The normalized spacial score (nSPS) is 15.0. The van der Waals surface area contributed by atoms with Crippen LogP contribution in [0.15, 0.2) is 24.3 Å². The van der Waals surface area contributed by atoms with Crippen molar-refractivity contribution in [2.75, 3.05) is 10.6 Å². The van der Waals surface area contributed by atoms with Gasteiger partial charge in [0, 0.05) is 22.4 Å². The molecule has 0 aliphatic heterocycles. The molecule has 1 saturated carbocycles. The van der Waals surface area contributed by atoms with Crippen molar-refractivity contribution in [3.63, 3.8) is 0 Å². The molecule has 0 bridgehead atoms. The highest BCUT2D eigenvalue weighted by Gasteiger charge is 2.17. The molecule has 1 aromatic heterocycles. The van der Waals surface area contributed by atoms with Gasteiger partial charge in [-0.25, -0.2) is 9.97 Å². The Morgan fingerprint density at radius 2 is 1.88 bits per heavy atom. The van der Waals surface area contributed by atoms with Crippen molar-refractivity contribution in [3.8, 4) is 0 Å². The second-order valence-electron chi connectivity index (χ2n) is 6.61. The molecule has 3 rings (SSSR count). The lowest BCUT2D eigenvalue weighted by molar-refractivity contribution is 0.102. The molecule has 1 heterocycles. The largest absolute Gasteiger partial charge is 0.351 e. The van der Waals surface area contributed by atoms with E-state index in [0.717, 1.165) is 24.1 Å². The summed E-state index contributed by atoms with van der Waals surface area (Å²) in [6, 6.07) is 7.50. The Morgan fingerprint density at radius 3 is 2.64 bits per heavy atom. The predicted molar refractivity (Wildman–Crippen MR) is 101 cm³/mol. The van der Waals surface area contributed by atoms with Gasteiger partial charge in [0.2, 0.25) is 5.95 Å². The van der Waals surface area contributed by atoms with Gasteiger partial charge in [-0.2, -0.15) is 0 Å². The molecule has 132 valence electrons. The van der Waals surface area contributed by atoms with Crippen molar-refractivity contribution >= 4 is 29.1 Å². The summed E-state index contributed by atoms with van der Waals surface area (Å²) in [5.41, 5.74) is 2.76. The van der Waals surface area contributed by atoms with Crippen LogP contribution in [0.2, 0.25) is 5.02 Å². The van der Waals surface area contributed by atoms with E-state index < -0.39 is 0 Å². The monoisotopic (exact) mass is 358 g/mol. The fraction of sp³-hybridized carbons (Fsp3) is 0.421. The SMILES string of the molecule is Cc1cc(C(=O)Nc2cc(Cl)ccc2C)nc(NC2CCCCC2)n1. The first kappa shape index (κ1) is 17.7. The number of halogens is 1. The van der Waals surface area contributed by atoms with Crippen molar-refractivity contribution in [2.45, 2.75) is 52.0 Å². The summed E-state index contributed by atoms with van der Waals surface area (Å²) in [5, 5.41) is 6.84. The summed E-state index contributed by atoms with van der Waals surface area (Å²) in [5.74, 6) is 0.266. The maximum absolute atomic E-state index is 12.6. The predicted octanol–water partition coefficient (Wildman–Crippen LogP) is 4.74. The van der Waals surface area contributed by atoms with E-state index in [1.165, 1.54) is 19.3 Å². The van der Waals surface area contributed by atoms with E-state index in [4.69, 9.17) is 11.6 Å². The van der Waals surface area contributed by atoms with Gasteiger partial charge in [-0.15, -0.1) is 0 Å². The Kier molecular flexibility index (Phi) is 5.53. The van der Waals surface area contributed by atoms with Crippen LogP contribution < -0.4 is 10.6 Å². The average Bonchev–Trinajstić information content (AvgIpc) is 2.58. The smallest absolute Gasteiger partial charge is 0.274 e. The Morgan fingerprint density at radius 1 is 1.12 bits per heavy atom. The Bertz CT molecular complexity index is 772. The van der Waals surface area contributed by atoms with Gasteiger partial charge >= 0.3 is 0 Å². The van der Waals surface area contributed by atoms with E-state index in [2.05, 4.69) is 20.6 Å². The van der Waals surface area contributed by atoms with Gasteiger partial charge in [-0.05, 0) is 50.5 Å². The molecule has 1 aliphatic rings. The van der Waals surface area contributed by atoms with Crippen LogP contribution in [-0.4, -0.2) is 21.9 Å². The van der Waals surface area contributed by atoms with Crippen LogP contribution >= 0.6 is 11.6 Å². The summed E-state index contributed by atoms with van der Waals surface area (Å²) >= 11 is 6.02. The van der Waals surface area contributed by atoms with Crippen molar-refractivity contribution in [3.05, 3.63) is 46.2 Å². The Labute approximate surface area is 153 Å². The third-order valence-corrected chi connectivity index (χ3v) is 4.71. The number of amides is 1. The number of hydrogen-bond donors (Lipinski definition) is 2. The fourth-order valence-corrected chi connectivity index (χ4v) is 3.27. The van der Waals surface area contributed by atoms with Crippen LogP contribution in [0.4, 0.5) is 11.6 Å². The van der Waals surface area contributed by atoms with E-state index in [9.17, 15) is 4.79 Å². The molecule has 2 N–H and O–H groups in total. The zero-order valence-corrected chi connectivity index (χ0v) is 15.4. The van der Waals surface area contributed by atoms with E-state index in [0.29, 0.717) is 28.4 Å². The lowest BCUT2D eigenvalue weighted by atomic mass is 9.96. The fourth-order valence-electron chi connectivity index (χ4n) is 3.09. The van der Waals surface area contributed by atoms with Gasteiger partial charge in [0.1, 0.15) is 5.69 Å². The van der Waals surface area contributed by atoms with Gasteiger partial charge in [0.25, 0.3) is 5.91 Å². The summed E-state index contributed by atoms with van der Waals surface area (Å²) in [6.45, 7) is 3.79. The molecule has 25 heavy (non-hydrogen) atoms. The minimum atomic E-state index is -0.262. The second-order valence-corrected chi connectivity index (χ2v) is 7.05. The second kappa shape index (κ2) is 7.83. The molecule has 0 spiro atoms. The molecule has 2 aromatic rings. The molecular formula is C19H23ClN4O. The Hall–Kier alpha value is -2.14. The molecular weight excluding hydrogens is 336 g/mol. The highest BCUT2D eigenvalue weighted by atomic mass is 35.5. The molecule has 0 unspecified atom stereocenters. The Balaban J connectivity index is 1.76. The number of hydrogen-bond acceptors (Lipinski definition) is 4. The van der Waals surface area contributed by atoms with Crippen molar-refractivity contribution in [1.82, 2.24) is 9.97 Å². The molecule has 6 heteroatoms. The highest BCUT2D eigenvalue weighted by Crippen LogP contribution is 2.22. The van der Waals surface area contributed by atoms with E-state index in [1.807, 2.05) is 19.9 Å². The summed E-state index contributed by atoms with van der Waals surface area (Å²) in [4.78, 5) is 21.4. The number of carbonyl (C=O) groups is 1. The summed E-state index contributed by atoms with van der Waals surface area (Å²) < 4.78 is 0. The maximum Gasteiger partial charge on any atom is 0.274 e. The van der Waals surface area contributed by atoms with E-state index in [-0.39, 0.29) is 5.91 Å². The number of anilines is 2. The van der Waals surface area contributed by atoms with E-state index >= 15 is 0 Å². The van der Waals surface area contributed by atoms with Crippen LogP contribution in [0.25, 0.3) is 0 Å². The van der Waals surface area contributed by atoms with Crippen LogP contribution in [0, 0.1) is 13.8 Å². The molecule has 1 amide bonds. The van der Waals surface area contributed by atoms with Gasteiger partial charge in [0.15, 0.2) is 0 Å². The van der Waals surface area contributed by atoms with E-state index in [1.54, 1.807) is 18.2 Å². The standard InChI is InChI=1S/C19H23ClN4O/c1-12-8-9-14(20)11-16(12)23-18(25)17-10-13(2)21-19(24-17)22-15-6-4-3-5-7-15/h8-11,15H,3-7H2,1-2H3,(H,23,25)(H,21,22,24). The average molecular weight is 359 g/mol. The lowest BCUT2D eigenvalue weighted by Gasteiger charge is -2.23. The molecule has 0 atom stereocenters. The number of rotatable bonds is 4. The third kappa shape index (κ3) is 4.69. The zero-order valence-electron chi connectivity index (χ0n) is 14.6. The van der Waals surface area contributed by atoms with Crippen LogP contribution in [0.1, 0.15) is 53.8 Å². The number of carbonyl (C=O) groups excluding carboxylic acids is 1. The molecule has 5 nitrogen and oxygen atoms in total. The van der Waals surface area contributed by atoms with Crippen molar-refractivity contribution in [1.29, 1.82) is 0 Å². The molecule has 1 aliphatic carbocycles. The van der Waals surface area contributed by atoms with Gasteiger partial charge in [-0.1, -0.05) is 36.9 Å². The minimum absolute atomic E-state index is 0.262. The first-order valence-corrected chi connectivity index (χ1v) is 9.09. The summed E-state index contributed by atoms with van der Waals surface area (Å²) in [6.07, 6.45) is 6.00. The number of aryl methyl sites for hydroxylation is 2. The quantitative estimate of drug-likeness (QED) is 0.828. The third-order valence-electron chi connectivity index (χ3n) is 4.47. The van der Waals surface area contributed by atoms with Crippen molar-refractivity contribution < 1.29 is 4.79 Å². The summed E-state index contributed by atoms with van der Waals surface area (Å²) in [7, 11) is 0. The molecule has 1 aromatic carbocycles. The highest BCUT2D eigenvalue weighted by molar-refractivity contribution is 6.31. The first-order chi connectivity index (χ1) is 12.0. The number of aromatic nitrogens is 2. The number of nitrogens with zero attached hydrogens (tertiary/aromatic N) is 2. The van der Waals surface area contributed by atoms with Crippen LogP contribution in [0.3, 0.4) is 0 Å². The van der Waals surface area contributed by atoms with Crippen molar-refractivity contribution in [2.24, 2.45) is 0 Å². The van der Waals surface area contributed by atoms with Crippen LogP contribution in [-0.2, 0) is 0 Å². The number of benzene rings is 1. The van der Waals surface area contributed by atoms with Crippen LogP contribution in [0.5, 0.6) is 0 Å². The topological polar surface area (TPSA) is 66.9 Å². The zero-order chi connectivity index (χ0) is 17.8.